The molecule has 1 saturated heterocycles. The molecule has 3 heterocycles. The van der Waals surface area contributed by atoms with Gasteiger partial charge in [0.05, 0.1) is 6.04 Å². The number of aliphatic hydroxyl groups is 1. The summed E-state index contributed by atoms with van der Waals surface area (Å²) in [6.07, 6.45) is 4.00. The third-order valence-corrected chi connectivity index (χ3v) is 6.38. The molecule has 2 atom stereocenters. The minimum Gasteiger partial charge on any atom is -0.383 e. The zero-order valence-corrected chi connectivity index (χ0v) is 18.6. The number of carbonyl (C=O) groups is 1. The van der Waals surface area contributed by atoms with E-state index in [9.17, 15) is 9.90 Å². The summed E-state index contributed by atoms with van der Waals surface area (Å²) in [6.45, 7) is 4.86. The highest BCUT2D eigenvalue weighted by Crippen LogP contribution is 2.30. The molecule has 0 radical (unpaired) electrons. The molecule has 7 nitrogen and oxygen atoms in total. The molecule has 0 unspecified atom stereocenters. The molecule has 1 fully saturated rings. The Hall–Kier alpha value is -3.55. The van der Waals surface area contributed by atoms with E-state index in [4.69, 9.17) is 0 Å². The molecule has 2 aromatic carbocycles. The van der Waals surface area contributed by atoms with E-state index in [1.165, 1.54) is 0 Å². The predicted molar refractivity (Wildman–Crippen MR) is 128 cm³/mol. The van der Waals surface area contributed by atoms with Crippen LogP contribution in [0.3, 0.4) is 0 Å². The van der Waals surface area contributed by atoms with Crippen LogP contribution in [0, 0.1) is 6.92 Å². The van der Waals surface area contributed by atoms with E-state index in [-0.39, 0.29) is 5.78 Å². The molecule has 0 saturated carbocycles. The van der Waals surface area contributed by atoms with Gasteiger partial charge in [-0.3, -0.25) is 9.69 Å². The lowest BCUT2D eigenvalue weighted by Gasteiger charge is -2.40. The number of piperazine rings is 1. The summed E-state index contributed by atoms with van der Waals surface area (Å²) in [5, 5.41) is 12.3. The van der Waals surface area contributed by atoms with Crippen LogP contribution < -0.4 is 4.90 Å². The van der Waals surface area contributed by atoms with E-state index in [1.807, 2.05) is 55.5 Å². The summed E-state index contributed by atoms with van der Waals surface area (Å²) in [5.41, 5.74) is 3.48. The van der Waals surface area contributed by atoms with Gasteiger partial charge in [0, 0.05) is 61.2 Å². The maximum atomic E-state index is 13.5. The van der Waals surface area contributed by atoms with E-state index in [0.29, 0.717) is 24.6 Å². The number of nitrogens with zero attached hydrogens (tertiary/aromatic N) is 4. The number of aliphatic hydroxyl groups excluding tert-OH is 1. The van der Waals surface area contributed by atoms with Crippen LogP contribution in [0.25, 0.3) is 10.9 Å². The summed E-state index contributed by atoms with van der Waals surface area (Å²) in [4.78, 5) is 29.7. The maximum absolute atomic E-state index is 13.5. The fourth-order valence-corrected chi connectivity index (χ4v) is 4.59. The van der Waals surface area contributed by atoms with Gasteiger partial charge in [0.2, 0.25) is 5.95 Å². The van der Waals surface area contributed by atoms with Gasteiger partial charge in [-0.2, -0.15) is 0 Å². The molecular weight excluding hydrogens is 414 g/mol. The molecule has 0 spiro atoms. The number of aryl methyl sites for hydroxylation is 1. The lowest BCUT2D eigenvalue weighted by molar-refractivity contribution is 0.0365. The van der Waals surface area contributed by atoms with Crippen molar-refractivity contribution in [1.82, 2.24) is 19.9 Å². The van der Waals surface area contributed by atoms with Gasteiger partial charge in [-0.1, -0.05) is 48.0 Å². The fourth-order valence-electron chi connectivity index (χ4n) is 4.59. The first-order valence-electron chi connectivity index (χ1n) is 11.2. The third kappa shape index (κ3) is 4.25. The van der Waals surface area contributed by atoms with Crippen LogP contribution in [0.4, 0.5) is 5.95 Å². The number of ketones is 1. The standard InChI is InChI=1S/C26H27N5O2/c1-18-7-9-19(10-8-18)23(30-13-15-31(16-14-30)26-27-11-4-12-28-26)25(33)24(32)21-17-29-22-6-3-2-5-20(21)22/h2-12,17,23,25,29,33H,13-16H2,1H3/t23-,25-/m0/s1. The maximum Gasteiger partial charge on any atom is 0.225 e. The summed E-state index contributed by atoms with van der Waals surface area (Å²) >= 11 is 0. The number of fused-ring (bicyclic) bond motifs is 1. The molecular formula is C26H27N5O2. The van der Waals surface area contributed by atoms with Crippen molar-refractivity contribution in [3.8, 4) is 0 Å². The largest absolute Gasteiger partial charge is 0.383 e. The van der Waals surface area contributed by atoms with Crippen molar-refractivity contribution in [2.24, 2.45) is 0 Å². The molecule has 0 amide bonds. The van der Waals surface area contributed by atoms with Crippen LogP contribution in [0.2, 0.25) is 0 Å². The predicted octanol–water partition coefficient (Wildman–Crippen LogP) is 3.37. The number of aromatic amines is 1. The zero-order valence-electron chi connectivity index (χ0n) is 18.6. The quantitative estimate of drug-likeness (QED) is 0.446. The van der Waals surface area contributed by atoms with Crippen LogP contribution in [0.15, 0.2) is 73.2 Å². The minimum absolute atomic E-state index is 0.271. The van der Waals surface area contributed by atoms with Gasteiger partial charge in [-0.15, -0.1) is 0 Å². The first-order valence-corrected chi connectivity index (χ1v) is 11.2. The van der Waals surface area contributed by atoms with Gasteiger partial charge in [0.15, 0.2) is 5.78 Å². The van der Waals surface area contributed by atoms with Crippen LogP contribution in [0.5, 0.6) is 0 Å². The summed E-state index contributed by atoms with van der Waals surface area (Å²) < 4.78 is 0. The SMILES string of the molecule is Cc1ccc([C@@H]([C@H](O)C(=O)c2c[nH]c3ccccc23)N2CCN(c3ncccn3)CC2)cc1. The number of nitrogens with one attached hydrogen (secondary N) is 1. The van der Waals surface area contributed by atoms with Gasteiger partial charge in [0.1, 0.15) is 6.10 Å². The molecule has 1 aliphatic heterocycles. The average molecular weight is 442 g/mol. The molecule has 2 N–H and O–H groups in total. The van der Waals surface area contributed by atoms with Crippen molar-refractivity contribution in [2.75, 3.05) is 31.1 Å². The number of Topliss-reactive ketones (excluding diaryl/α,β-unsaturated/α-hetero) is 1. The Kier molecular flexibility index (Phi) is 5.90. The number of anilines is 1. The Labute approximate surface area is 192 Å². The summed E-state index contributed by atoms with van der Waals surface area (Å²) in [5.74, 6) is 0.436. The van der Waals surface area contributed by atoms with E-state index < -0.39 is 12.1 Å². The molecule has 33 heavy (non-hydrogen) atoms. The van der Waals surface area contributed by atoms with E-state index in [0.717, 1.165) is 35.1 Å². The van der Waals surface area contributed by atoms with Crippen molar-refractivity contribution >= 4 is 22.6 Å². The van der Waals surface area contributed by atoms with Crippen LogP contribution >= 0.6 is 0 Å². The Morgan fingerprint density at radius 1 is 0.970 bits per heavy atom. The normalized spacial score (nSPS) is 16.6. The zero-order chi connectivity index (χ0) is 22.8. The highest BCUT2D eigenvalue weighted by Gasteiger charge is 2.35. The van der Waals surface area contributed by atoms with Crippen molar-refractivity contribution in [2.45, 2.75) is 19.1 Å². The highest BCUT2D eigenvalue weighted by atomic mass is 16.3. The number of hydrogen-bond acceptors (Lipinski definition) is 6. The molecule has 5 rings (SSSR count). The second-order valence-electron chi connectivity index (χ2n) is 8.48. The Morgan fingerprint density at radius 3 is 2.39 bits per heavy atom. The molecule has 7 heteroatoms. The Morgan fingerprint density at radius 2 is 1.67 bits per heavy atom. The molecule has 4 aromatic rings. The topological polar surface area (TPSA) is 85.4 Å². The van der Waals surface area contributed by atoms with E-state index in [2.05, 4.69) is 24.8 Å². The van der Waals surface area contributed by atoms with Gasteiger partial charge in [0.25, 0.3) is 0 Å². The van der Waals surface area contributed by atoms with E-state index >= 15 is 0 Å². The molecule has 0 bridgehead atoms. The molecule has 2 aromatic heterocycles. The second-order valence-corrected chi connectivity index (χ2v) is 8.48. The van der Waals surface area contributed by atoms with Crippen molar-refractivity contribution < 1.29 is 9.90 Å². The number of para-hydroxylation sites is 1. The van der Waals surface area contributed by atoms with Crippen molar-refractivity contribution in [3.05, 3.63) is 89.9 Å². The van der Waals surface area contributed by atoms with Gasteiger partial charge >= 0.3 is 0 Å². The Bertz CT molecular complexity index is 1230. The lowest BCUT2D eigenvalue weighted by Crippen LogP contribution is -2.51. The smallest absolute Gasteiger partial charge is 0.225 e. The van der Waals surface area contributed by atoms with Crippen LogP contribution in [-0.4, -0.2) is 63.0 Å². The summed E-state index contributed by atoms with van der Waals surface area (Å²) in [6, 6.07) is 17.1. The number of hydrogen-bond donors (Lipinski definition) is 2. The first-order chi connectivity index (χ1) is 16.1. The van der Waals surface area contributed by atoms with Crippen molar-refractivity contribution in [3.63, 3.8) is 0 Å². The molecule has 1 aliphatic rings. The second kappa shape index (κ2) is 9.13. The molecule has 168 valence electrons. The average Bonchev–Trinajstić information content (AvgIpc) is 3.30. The first kappa shape index (κ1) is 21.3. The van der Waals surface area contributed by atoms with Gasteiger partial charge < -0.3 is 15.0 Å². The molecule has 0 aliphatic carbocycles. The Balaban J connectivity index is 1.42. The number of rotatable bonds is 6. The number of benzene rings is 2. The monoisotopic (exact) mass is 441 g/mol. The van der Waals surface area contributed by atoms with Crippen molar-refractivity contribution in [1.29, 1.82) is 0 Å². The minimum atomic E-state index is -1.19. The third-order valence-electron chi connectivity index (χ3n) is 6.38. The number of H-pyrrole nitrogens is 1. The van der Waals surface area contributed by atoms with E-state index in [1.54, 1.807) is 24.7 Å². The number of aromatic nitrogens is 3. The summed E-state index contributed by atoms with van der Waals surface area (Å²) in [7, 11) is 0. The van der Waals surface area contributed by atoms with Crippen LogP contribution in [-0.2, 0) is 0 Å². The highest BCUT2D eigenvalue weighted by molar-refractivity contribution is 6.10. The van der Waals surface area contributed by atoms with Crippen LogP contribution in [0.1, 0.15) is 27.5 Å². The van der Waals surface area contributed by atoms with Gasteiger partial charge in [-0.05, 0) is 24.6 Å². The number of carbonyl (C=O) groups excluding carboxylic acids is 1. The lowest BCUT2D eigenvalue weighted by atomic mass is 9.92. The fraction of sp³-hybridized carbons (Fsp3) is 0.269. The van der Waals surface area contributed by atoms with Gasteiger partial charge in [-0.25, -0.2) is 9.97 Å².